The Hall–Kier alpha value is -1.87. The Morgan fingerprint density at radius 3 is 2.84 bits per heavy atom. The van der Waals surface area contributed by atoms with Crippen molar-refractivity contribution in [2.45, 2.75) is 6.42 Å². The molecule has 0 amide bonds. The molecule has 0 unspecified atom stereocenters. The average Bonchev–Trinajstić information content (AvgIpc) is 2.85. The second-order valence-corrected chi connectivity index (χ2v) is 4.81. The van der Waals surface area contributed by atoms with Crippen LogP contribution in [0.2, 0.25) is 5.02 Å². The molecule has 19 heavy (non-hydrogen) atoms. The summed E-state index contributed by atoms with van der Waals surface area (Å²) in [5, 5.41) is 0.274. The van der Waals surface area contributed by atoms with Crippen molar-refractivity contribution in [1.29, 1.82) is 0 Å². The van der Waals surface area contributed by atoms with Crippen molar-refractivity contribution in [3.63, 3.8) is 0 Å². The first kappa shape index (κ1) is 12.2. The van der Waals surface area contributed by atoms with Gasteiger partial charge in [0.2, 0.25) is 0 Å². The standard InChI is InChI=1S/C15H10ClFO2/c16-11-2-3-12(13(17)8-11)15(18)10-1-4-14-9(7-10)5-6-19-14/h1-4,7-8H,5-6H2. The summed E-state index contributed by atoms with van der Waals surface area (Å²) in [6, 6.07) is 9.23. The summed E-state index contributed by atoms with van der Waals surface area (Å²) in [5.41, 5.74) is 1.48. The molecule has 2 nitrogen and oxygen atoms in total. The van der Waals surface area contributed by atoms with Gasteiger partial charge in [0.1, 0.15) is 11.6 Å². The van der Waals surface area contributed by atoms with Crippen molar-refractivity contribution < 1.29 is 13.9 Å². The van der Waals surface area contributed by atoms with Gasteiger partial charge in [-0.25, -0.2) is 4.39 Å². The summed E-state index contributed by atoms with van der Waals surface area (Å²) in [6.45, 7) is 0.627. The Morgan fingerprint density at radius 2 is 2.05 bits per heavy atom. The molecule has 0 spiro atoms. The van der Waals surface area contributed by atoms with Crippen molar-refractivity contribution in [3.05, 3.63) is 63.9 Å². The van der Waals surface area contributed by atoms with Gasteiger partial charge in [-0.3, -0.25) is 4.79 Å². The smallest absolute Gasteiger partial charge is 0.195 e. The molecule has 96 valence electrons. The van der Waals surface area contributed by atoms with Crippen molar-refractivity contribution in [3.8, 4) is 5.75 Å². The fourth-order valence-corrected chi connectivity index (χ4v) is 2.32. The molecule has 0 bridgehead atoms. The highest BCUT2D eigenvalue weighted by Crippen LogP contribution is 2.27. The Kier molecular flexibility index (Phi) is 2.99. The van der Waals surface area contributed by atoms with Gasteiger partial charge in [-0.2, -0.15) is 0 Å². The number of carbonyl (C=O) groups is 1. The fourth-order valence-electron chi connectivity index (χ4n) is 2.16. The average molecular weight is 277 g/mol. The van der Waals surface area contributed by atoms with E-state index in [0.717, 1.165) is 23.8 Å². The number of fused-ring (bicyclic) bond motifs is 1. The molecule has 0 saturated heterocycles. The van der Waals surface area contributed by atoms with E-state index in [4.69, 9.17) is 16.3 Å². The fraction of sp³-hybridized carbons (Fsp3) is 0.133. The van der Waals surface area contributed by atoms with E-state index >= 15 is 0 Å². The largest absolute Gasteiger partial charge is 0.493 e. The van der Waals surface area contributed by atoms with Gasteiger partial charge in [0.05, 0.1) is 12.2 Å². The van der Waals surface area contributed by atoms with Crippen LogP contribution in [0.25, 0.3) is 0 Å². The lowest BCUT2D eigenvalue weighted by Crippen LogP contribution is -2.04. The van der Waals surface area contributed by atoms with Crippen LogP contribution in [-0.4, -0.2) is 12.4 Å². The molecule has 1 aliphatic rings. The lowest BCUT2D eigenvalue weighted by Gasteiger charge is -2.05. The molecule has 0 aromatic heterocycles. The summed E-state index contributed by atoms with van der Waals surface area (Å²) >= 11 is 5.68. The van der Waals surface area contributed by atoms with E-state index in [9.17, 15) is 9.18 Å². The quantitative estimate of drug-likeness (QED) is 0.783. The minimum absolute atomic E-state index is 0.0308. The first-order chi connectivity index (χ1) is 9.15. The topological polar surface area (TPSA) is 26.3 Å². The third kappa shape index (κ3) is 2.22. The van der Waals surface area contributed by atoms with Crippen molar-refractivity contribution >= 4 is 17.4 Å². The van der Waals surface area contributed by atoms with Gasteiger partial charge in [0, 0.05) is 17.0 Å². The molecule has 1 aliphatic heterocycles. The maximum atomic E-state index is 13.7. The van der Waals surface area contributed by atoms with Gasteiger partial charge < -0.3 is 4.74 Å². The predicted molar refractivity (Wildman–Crippen MR) is 70.5 cm³/mol. The Morgan fingerprint density at radius 1 is 1.21 bits per heavy atom. The molecule has 1 heterocycles. The number of hydrogen-bond donors (Lipinski definition) is 0. The molecule has 0 radical (unpaired) electrons. The van der Waals surface area contributed by atoms with E-state index in [0.29, 0.717) is 12.2 Å². The van der Waals surface area contributed by atoms with Gasteiger partial charge in [0.15, 0.2) is 5.78 Å². The first-order valence-corrected chi connectivity index (χ1v) is 6.28. The highest BCUT2D eigenvalue weighted by atomic mass is 35.5. The number of rotatable bonds is 2. The van der Waals surface area contributed by atoms with Crippen molar-refractivity contribution in [2.75, 3.05) is 6.61 Å². The lowest BCUT2D eigenvalue weighted by molar-refractivity contribution is 0.103. The Balaban J connectivity index is 2.00. The van der Waals surface area contributed by atoms with Crippen LogP contribution in [0.3, 0.4) is 0 Å². The van der Waals surface area contributed by atoms with E-state index in [1.165, 1.54) is 12.1 Å². The molecule has 0 aliphatic carbocycles. The van der Waals surface area contributed by atoms with Crippen molar-refractivity contribution in [2.24, 2.45) is 0 Å². The zero-order chi connectivity index (χ0) is 13.4. The molecule has 2 aromatic carbocycles. The zero-order valence-electron chi connectivity index (χ0n) is 9.95. The van der Waals surface area contributed by atoms with E-state index in [2.05, 4.69) is 0 Å². The monoisotopic (exact) mass is 276 g/mol. The molecular formula is C15H10ClFO2. The second kappa shape index (κ2) is 4.67. The van der Waals surface area contributed by atoms with Crippen LogP contribution in [0.1, 0.15) is 21.5 Å². The second-order valence-electron chi connectivity index (χ2n) is 4.37. The number of benzene rings is 2. The van der Waals surface area contributed by atoms with Crippen LogP contribution >= 0.6 is 11.6 Å². The van der Waals surface area contributed by atoms with Crippen molar-refractivity contribution in [1.82, 2.24) is 0 Å². The molecule has 0 saturated carbocycles. The van der Waals surface area contributed by atoms with Crippen LogP contribution in [0.15, 0.2) is 36.4 Å². The van der Waals surface area contributed by atoms with Gasteiger partial charge in [0.25, 0.3) is 0 Å². The Labute approximate surface area is 114 Å². The summed E-state index contributed by atoms with van der Waals surface area (Å²) < 4.78 is 19.1. The molecule has 2 aromatic rings. The highest BCUT2D eigenvalue weighted by molar-refractivity contribution is 6.30. The molecule has 3 rings (SSSR count). The van der Waals surface area contributed by atoms with E-state index in [1.807, 2.05) is 0 Å². The molecular weight excluding hydrogens is 267 g/mol. The van der Waals surface area contributed by atoms with Crippen LogP contribution in [0.5, 0.6) is 5.75 Å². The Bertz CT molecular complexity index is 667. The van der Waals surface area contributed by atoms with Gasteiger partial charge in [-0.1, -0.05) is 11.6 Å². The maximum Gasteiger partial charge on any atom is 0.195 e. The van der Waals surface area contributed by atoms with E-state index in [-0.39, 0.29) is 16.4 Å². The first-order valence-electron chi connectivity index (χ1n) is 5.90. The summed E-state index contributed by atoms with van der Waals surface area (Å²) in [7, 11) is 0. The van der Waals surface area contributed by atoms with Crippen LogP contribution in [-0.2, 0) is 6.42 Å². The summed E-state index contributed by atoms with van der Waals surface area (Å²) in [4.78, 5) is 12.3. The third-order valence-corrected chi connectivity index (χ3v) is 3.36. The molecule has 0 atom stereocenters. The number of hydrogen-bond acceptors (Lipinski definition) is 2. The van der Waals surface area contributed by atoms with E-state index in [1.54, 1.807) is 18.2 Å². The normalized spacial score (nSPS) is 12.9. The number of ether oxygens (including phenoxy) is 1. The molecule has 4 heteroatoms. The van der Waals surface area contributed by atoms with E-state index < -0.39 is 5.82 Å². The number of halogens is 2. The predicted octanol–water partition coefficient (Wildman–Crippen LogP) is 3.65. The van der Waals surface area contributed by atoms with Gasteiger partial charge in [-0.05, 0) is 42.0 Å². The zero-order valence-corrected chi connectivity index (χ0v) is 10.7. The number of carbonyl (C=O) groups excluding carboxylic acids is 1. The van der Waals surface area contributed by atoms with Crippen LogP contribution in [0.4, 0.5) is 4.39 Å². The highest BCUT2D eigenvalue weighted by Gasteiger charge is 2.18. The number of ketones is 1. The third-order valence-electron chi connectivity index (χ3n) is 3.13. The minimum atomic E-state index is -0.603. The van der Waals surface area contributed by atoms with Gasteiger partial charge >= 0.3 is 0 Å². The molecule has 0 N–H and O–H groups in total. The summed E-state index contributed by atoms with van der Waals surface area (Å²) in [5.74, 6) is -0.147. The minimum Gasteiger partial charge on any atom is -0.493 e. The SMILES string of the molecule is O=C(c1ccc2c(c1)CCO2)c1ccc(Cl)cc1F. The van der Waals surface area contributed by atoms with Crippen LogP contribution in [0, 0.1) is 5.82 Å². The maximum absolute atomic E-state index is 13.7. The van der Waals surface area contributed by atoms with Gasteiger partial charge in [-0.15, -0.1) is 0 Å². The molecule has 0 fully saturated rings. The van der Waals surface area contributed by atoms with Crippen LogP contribution < -0.4 is 4.74 Å². The summed E-state index contributed by atoms with van der Waals surface area (Å²) in [6.07, 6.45) is 0.777. The lowest BCUT2D eigenvalue weighted by atomic mass is 10.00.